The van der Waals surface area contributed by atoms with Crippen LogP contribution in [0.25, 0.3) is 0 Å². The molecule has 1 fully saturated rings. The van der Waals surface area contributed by atoms with Crippen molar-refractivity contribution < 1.29 is 37.6 Å². The molecule has 1 saturated heterocycles. The van der Waals surface area contributed by atoms with Gasteiger partial charge in [0.2, 0.25) is 11.0 Å². The fraction of sp³-hybridized carbons (Fsp3) is 0.615. The summed E-state index contributed by atoms with van der Waals surface area (Å²) in [6.45, 7) is 11.0. The van der Waals surface area contributed by atoms with E-state index in [-0.39, 0.29) is 35.5 Å². The van der Waals surface area contributed by atoms with Crippen LogP contribution in [0, 0.1) is 5.92 Å². The number of aromatic nitrogens is 2. The fourth-order valence-corrected chi connectivity index (χ4v) is 5.08. The Labute approximate surface area is 235 Å². The Morgan fingerprint density at radius 2 is 1.88 bits per heavy atom. The van der Waals surface area contributed by atoms with Gasteiger partial charge in [-0.3, -0.25) is 9.68 Å². The summed E-state index contributed by atoms with van der Waals surface area (Å²) in [7, 11) is 0. The van der Waals surface area contributed by atoms with Crippen LogP contribution in [0.1, 0.15) is 71.2 Å². The largest absolute Gasteiger partial charge is 0.481 e. The van der Waals surface area contributed by atoms with Crippen LogP contribution in [0.15, 0.2) is 18.2 Å². The summed E-state index contributed by atoms with van der Waals surface area (Å²) < 4.78 is 42.9. The molecule has 1 atom stereocenters. The maximum atomic E-state index is 13.1. The number of hydrogen-bond donors (Lipinski definition) is 2. The average Bonchev–Trinajstić information content (AvgIpc) is 3.35. The molecular formula is C26H36F3N5O5S. The molecule has 14 heteroatoms. The number of benzene rings is 1. The molecule has 1 aromatic heterocycles. The number of carboxylic acids is 1. The number of rotatable bonds is 11. The zero-order chi connectivity index (χ0) is 29.6. The van der Waals surface area contributed by atoms with Gasteiger partial charge in [0, 0.05) is 37.2 Å². The molecule has 1 aliphatic heterocycles. The van der Waals surface area contributed by atoms with E-state index < -0.39 is 24.1 Å². The van der Waals surface area contributed by atoms with Crippen molar-refractivity contribution in [2.24, 2.45) is 5.92 Å². The molecule has 0 bridgehead atoms. The molecule has 3 rings (SSSR count). The van der Waals surface area contributed by atoms with Crippen LogP contribution in [0.4, 0.5) is 34.5 Å². The number of hydrogen-bond acceptors (Lipinski definition) is 9. The van der Waals surface area contributed by atoms with E-state index in [1.807, 2.05) is 12.1 Å². The first kappa shape index (κ1) is 31.4. The maximum absolute atomic E-state index is 13.1. The second-order valence-electron chi connectivity index (χ2n) is 10.6. The van der Waals surface area contributed by atoms with Crippen LogP contribution in [0.2, 0.25) is 0 Å². The number of nitrogens with one attached hydrogen (secondary N) is 1. The smallest absolute Gasteiger partial charge is 0.452 e. The molecule has 0 saturated carbocycles. The Bertz CT molecular complexity index is 1150. The number of nitrogens with zero attached hydrogens (tertiary/aromatic N) is 4. The van der Waals surface area contributed by atoms with Gasteiger partial charge in [0.15, 0.2) is 0 Å². The Balaban J connectivity index is 1.91. The van der Waals surface area contributed by atoms with Gasteiger partial charge in [-0.2, -0.15) is 27.4 Å². The van der Waals surface area contributed by atoms with Gasteiger partial charge >= 0.3 is 18.2 Å². The van der Waals surface area contributed by atoms with E-state index in [2.05, 4.69) is 33.4 Å². The quantitative estimate of drug-likeness (QED) is 0.231. The molecule has 2 aromatic rings. The van der Waals surface area contributed by atoms with Gasteiger partial charge in [-0.25, -0.2) is 4.79 Å². The van der Waals surface area contributed by atoms with E-state index in [0.717, 1.165) is 11.3 Å². The minimum Gasteiger partial charge on any atom is -0.481 e. The zero-order valence-electron chi connectivity index (χ0n) is 23.2. The summed E-state index contributed by atoms with van der Waals surface area (Å²) in [5.74, 6) is -2.25. The van der Waals surface area contributed by atoms with Gasteiger partial charge in [0.05, 0.1) is 23.9 Å². The van der Waals surface area contributed by atoms with Crippen molar-refractivity contribution in [2.45, 2.75) is 78.1 Å². The van der Waals surface area contributed by atoms with E-state index in [1.165, 1.54) is 0 Å². The minimum absolute atomic E-state index is 0.0242. The highest BCUT2D eigenvalue weighted by Gasteiger charge is 2.36. The van der Waals surface area contributed by atoms with Crippen molar-refractivity contribution in [1.29, 1.82) is 0 Å². The summed E-state index contributed by atoms with van der Waals surface area (Å²) in [5.41, 5.74) is 1.97. The summed E-state index contributed by atoms with van der Waals surface area (Å²) in [4.78, 5) is 40.9. The number of aliphatic carboxylic acids is 1. The molecule has 0 unspecified atom stereocenters. The summed E-state index contributed by atoms with van der Waals surface area (Å²) in [6, 6.07) is 5.50. The average molecular weight is 588 g/mol. The first-order chi connectivity index (χ1) is 18.7. The van der Waals surface area contributed by atoms with Gasteiger partial charge in [-0.1, -0.05) is 26.8 Å². The molecule has 2 heterocycles. The van der Waals surface area contributed by atoms with Crippen molar-refractivity contribution in [1.82, 2.24) is 14.3 Å². The number of carboxylic acid groups (broad SMARTS) is 1. The molecule has 1 aromatic carbocycles. The highest BCUT2D eigenvalue weighted by atomic mass is 32.1. The predicted octanol–water partition coefficient (Wildman–Crippen LogP) is 6.28. The van der Waals surface area contributed by atoms with Crippen LogP contribution in [-0.2, 0) is 20.7 Å². The zero-order valence-corrected chi connectivity index (χ0v) is 24.0. The molecule has 222 valence electrons. The normalized spacial score (nSPS) is 15.4. The number of amides is 1. The second kappa shape index (κ2) is 13.5. The number of anilines is 3. The Morgan fingerprint density at radius 1 is 1.20 bits per heavy atom. The van der Waals surface area contributed by atoms with E-state index in [9.17, 15) is 27.9 Å². The van der Waals surface area contributed by atoms with Gasteiger partial charge in [-0.15, -0.1) is 0 Å². The van der Waals surface area contributed by atoms with Crippen molar-refractivity contribution in [3.8, 4) is 0 Å². The van der Waals surface area contributed by atoms with E-state index in [4.69, 9.17) is 9.78 Å². The Morgan fingerprint density at radius 3 is 2.42 bits per heavy atom. The number of carbonyl (C=O) groups is 2. The predicted molar refractivity (Wildman–Crippen MR) is 145 cm³/mol. The lowest BCUT2D eigenvalue weighted by Gasteiger charge is -2.41. The number of halogens is 3. The molecule has 0 aliphatic carbocycles. The fourth-order valence-electron chi connectivity index (χ4n) is 4.48. The molecule has 1 amide bonds. The summed E-state index contributed by atoms with van der Waals surface area (Å²) >= 11 is 0.601. The molecule has 0 radical (unpaired) electrons. The monoisotopic (exact) mass is 587 g/mol. The molecule has 40 heavy (non-hydrogen) atoms. The number of piperidine rings is 1. The number of likely N-dealkylation sites (tertiary alicyclic amines) is 1. The third-order valence-electron chi connectivity index (χ3n) is 6.34. The lowest BCUT2D eigenvalue weighted by atomic mass is 9.95. The lowest BCUT2D eigenvalue weighted by Crippen LogP contribution is -2.48. The van der Waals surface area contributed by atoms with Crippen molar-refractivity contribution >= 4 is 40.1 Å². The van der Waals surface area contributed by atoms with Gasteiger partial charge in [-0.05, 0) is 56.2 Å². The molecular weight excluding hydrogens is 551 g/mol. The van der Waals surface area contributed by atoms with E-state index in [1.54, 1.807) is 31.7 Å². The highest BCUT2D eigenvalue weighted by Crippen LogP contribution is 2.37. The van der Waals surface area contributed by atoms with Gasteiger partial charge in [0.1, 0.15) is 0 Å². The number of carbonyl (C=O) groups excluding carboxylic acids is 1. The van der Waals surface area contributed by atoms with Crippen molar-refractivity contribution in [2.75, 3.05) is 29.9 Å². The van der Waals surface area contributed by atoms with Crippen molar-refractivity contribution in [3.63, 3.8) is 0 Å². The first-order valence-corrected chi connectivity index (χ1v) is 13.9. The lowest BCUT2D eigenvalue weighted by molar-refractivity contribution is -0.270. The summed E-state index contributed by atoms with van der Waals surface area (Å²) in [5, 5.41) is 12.3. The third-order valence-corrected chi connectivity index (χ3v) is 6.97. The van der Waals surface area contributed by atoms with E-state index in [0.29, 0.717) is 49.7 Å². The first-order valence-electron chi connectivity index (χ1n) is 13.2. The highest BCUT2D eigenvalue weighted by molar-refractivity contribution is 7.09. The topological polar surface area (TPSA) is 117 Å². The standard InChI is InChI=1S/C26H36F3N5O5S/c1-15(2)14-34(19-8-10-33(11-9-19)25(37)39-38-16(3)4)21-7-6-18(17(5)12-22(35)36)13-20(21)30-24-31-23(32-40-24)26(27,28)29/h6-7,13,15-17,19H,8-12,14H2,1-5H3,(H,35,36)(H,30,31,32)/t17-/m1/s1. The molecule has 10 nitrogen and oxygen atoms in total. The van der Waals surface area contributed by atoms with E-state index >= 15 is 0 Å². The van der Waals surface area contributed by atoms with Gasteiger partial charge < -0.3 is 20.2 Å². The van der Waals surface area contributed by atoms with Crippen molar-refractivity contribution in [3.05, 3.63) is 29.6 Å². The minimum atomic E-state index is -4.67. The van der Waals surface area contributed by atoms with Crippen LogP contribution >= 0.6 is 11.5 Å². The summed E-state index contributed by atoms with van der Waals surface area (Å²) in [6.07, 6.45) is -4.29. The third kappa shape index (κ3) is 8.68. The molecule has 2 N–H and O–H groups in total. The Kier molecular flexibility index (Phi) is 10.6. The number of alkyl halides is 3. The second-order valence-corrected chi connectivity index (χ2v) is 11.3. The van der Waals surface area contributed by atoms with Crippen LogP contribution in [-0.4, -0.2) is 63.2 Å². The van der Waals surface area contributed by atoms with Crippen LogP contribution < -0.4 is 10.2 Å². The molecule has 0 spiro atoms. The van der Waals surface area contributed by atoms with Gasteiger partial charge in [0.25, 0.3) is 0 Å². The molecule has 1 aliphatic rings. The van der Waals surface area contributed by atoms with Crippen LogP contribution in [0.3, 0.4) is 0 Å². The maximum Gasteiger partial charge on any atom is 0.452 e. The SMILES string of the molecule is CC(C)CN(c1ccc([C@H](C)CC(=O)O)cc1Nc1nc(C(F)(F)F)ns1)C1CCN(C(=O)OOC(C)C)CC1. The van der Waals surface area contributed by atoms with Crippen LogP contribution in [0.5, 0.6) is 0 Å². The Hall–Kier alpha value is -3.13.